The third kappa shape index (κ3) is 3.01. The van der Waals surface area contributed by atoms with Gasteiger partial charge in [0.05, 0.1) is 16.1 Å². The molecule has 0 unspecified atom stereocenters. The highest BCUT2D eigenvalue weighted by Crippen LogP contribution is 2.22. The predicted octanol–water partition coefficient (Wildman–Crippen LogP) is 2.41. The molecular formula is C11H12N4O2S. The zero-order valence-corrected chi connectivity index (χ0v) is 10.6. The van der Waals surface area contributed by atoms with Crippen LogP contribution in [0.5, 0.6) is 0 Å². The number of anilines is 1. The SMILES string of the molecule is Cc1cnc(NCCc2cscn2)c([N+](=O)[O-])c1. The molecule has 1 N–H and O–H groups in total. The minimum Gasteiger partial charge on any atom is -0.364 e. The van der Waals surface area contributed by atoms with Gasteiger partial charge in [0.25, 0.3) is 0 Å². The van der Waals surface area contributed by atoms with Crippen molar-refractivity contribution >= 4 is 22.8 Å². The van der Waals surface area contributed by atoms with E-state index in [1.807, 2.05) is 5.38 Å². The first-order chi connectivity index (χ1) is 8.66. The van der Waals surface area contributed by atoms with Crippen LogP contribution >= 0.6 is 11.3 Å². The summed E-state index contributed by atoms with van der Waals surface area (Å²) >= 11 is 1.53. The van der Waals surface area contributed by atoms with Crippen LogP contribution in [0.1, 0.15) is 11.3 Å². The van der Waals surface area contributed by atoms with Crippen LogP contribution in [-0.4, -0.2) is 21.4 Å². The second-order valence-electron chi connectivity index (χ2n) is 3.79. The number of nitrogens with one attached hydrogen (secondary N) is 1. The summed E-state index contributed by atoms with van der Waals surface area (Å²) in [6.45, 7) is 2.35. The molecule has 0 fully saturated rings. The standard InChI is InChI=1S/C11H12N4O2S/c1-8-4-10(15(16)17)11(13-5-8)12-3-2-9-6-18-7-14-9/h4-7H,2-3H2,1H3,(H,12,13). The van der Waals surface area contributed by atoms with Crippen molar-refractivity contribution in [3.63, 3.8) is 0 Å². The van der Waals surface area contributed by atoms with Gasteiger partial charge in [0.2, 0.25) is 5.82 Å². The van der Waals surface area contributed by atoms with Crippen molar-refractivity contribution in [1.82, 2.24) is 9.97 Å². The molecule has 2 heterocycles. The van der Waals surface area contributed by atoms with E-state index in [9.17, 15) is 10.1 Å². The van der Waals surface area contributed by atoms with Crippen LogP contribution in [0.25, 0.3) is 0 Å². The monoisotopic (exact) mass is 264 g/mol. The number of pyridine rings is 1. The van der Waals surface area contributed by atoms with Crippen LogP contribution in [-0.2, 0) is 6.42 Å². The summed E-state index contributed by atoms with van der Waals surface area (Å²) in [5.74, 6) is 0.306. The molecule has 0 saturated carbocycles. The summed E-state index contributed by atoms with van der Waals surface area (Å²) in [5.41, 5.74) is 3.52. The zero-order valence-electron chi connectivity index (χ0n) is 9.79. The Morgan fingerprint density at radius 3 is 3.00 bits per heavy atom. The van der Waals surface area contributed by atoms with Gasteiger partial charge in [0.15, 0.2) is 0 Å². The topological polar surface area (TPSA) is 81.0 Å². The van der Waals surface area contributed by atoms with Gasteiger partial charge in [0, 0.05) is 30.6 Å². The van der Waals surface area contributed by atoms with Crippen LogP contribution in [0.2, 0.25) is 0 Å². The molecule has 0 atom stereocenters. The summed E-state index contributed by atoms with van der Waals surface area (Å²) < 4.78 is 0. The number of nitrogens with zero attached hydrogens (tertiary/aromatic N) is 3. The Kier molecular flexibility index (Phi) is 3.83. The molecule has 0 radical (unpaired) electrons. The van der Waals surface area contributed by atoms with Gasteiger partial charge in [-0.3, -0.25) is 10.1 Å². The summed E-state index contributed by atoms with van der Waals surface area (Å²) in [7, 11) is 0. The molecule has 2 rings (SSSR count). The van der Waals surface area contributed by atoms with Crippen LogP contribution in [0.3, 0.4) is 0 Å². The van der Waals surface area contributed by atoms with Crippen molar-refractivity contribution in [3.05, 3.63) is 44.5 Å². The van der Waals surface area contributed by atoms with Gasteiger partial charge in [-0.1, -0.05) is 0 Å². The second-order valence-corrected chi connectivity index (χ2v) is 4.51. The van der Waals surface area contributed by atoms with E-state index in [2.05, 4.69) is 15.3 Å². The van der Waals surface area contributed by atoms with Crippen LogP contribution in [0.4, 0.5) is 11.5 Å². The molecular weight excluding hydrogens is 252 g/mol. The third-order valence-corrected chi connectivity index (χ3v) is 2.99. The third-order valence-electron chi connectivity index (χ3n) is 2.36. The van der Waals surface area contributed by atoms with Crippen LogP contribution in [0, 0.1) is 17.0 Å². The fourth-order valence-corrected chi connectivity index (χ4v) is 2.09. The Morgan fingerprint density at radius 2 is 2.33 bits per heavy atom. The van der Waals surface area contributed by atoms with Crippen molar-refractivity contribution < 1.29 is 4.92 Å². The number of hydrogen-bond donors (Lipinski definition) is 1. The van der Waals surface area contributed by atoms with Gasteiger partial charge in [0.1, 0.15) is 0 Å². The maximum absolute atomic E-state index is 10.9. The molecule has 6 nitrogen and oxygen atoms in total. The van der Waals surface area contributed by atoms with Gasteiger partial charge >= 0.3 is 5.69 Å². The Labute approximate surface area is 108 Å². The van der Waals surface area contributed by atoms with E-state index in [-0.39, 0.29) is 5.69 Å². The molecule has 0 aliphatic heterocycles. The molecule has 0 amide bonds. The Morgan fingerprint density at radius 1 is 1.50 bits per heavy atom. The maximum atomic E-state index is 10.9. The van der Waals surface area contributed by atoms with Crippen molar-refractivity contribution in [2.45, 2.75) is 13.3 Å². The lowest BCUT2D eigenvalue weighted by atomic mass is 10.2. The fraction of sp³-hybridized carbons (Fsp3) is 0.273. The summed E-state index contributed by atoms with van der Waals surface area (Å²) in [4.78, 5) is 18.6. The number of thiazole rings is 1. The molecule has 0 saturated heterocycles. The molecule has 0 bridgehead atoms. The highest BCUT2D eigenvalue weighted by molar-refractivity contribution is 7.07. The summed E-state index contributed by atoms with van der Waals surface area (Å²) in [6, 6.07) is 1.51. The highest BCUT2D eigenvalue weighted by Gasteiger charge is 2.14. The average molecular weight is 264 g/mol. The molecule has 0 aliphatic carbocycles. The molecule has 0 spiro atoms. The van der Waals surface area contributed by atoms with E-state index in [1.54, 1.807) is 18.6 Å². The van der Waals surface area contributed by atoms with Gasteiger partial charge in [-0.25, -0.2) is 9.97 Å². The van der Waals surface area contributed by atoms with E-state index in [1.165, 1.54) is 17.4 Å². The number of aryl methyl sites for hydroxylation is 1. The van der Waals surface area contributed by atoms with E-state index in [0.717, 1.165) is 17.7 Å². The van der Waals surface area contributed by atoms with Crippen molar-refractivity contribution in [1.29, 1.82) is 0 Å². The lowest BCUT2D eigenvalue weighted by molar-refractivity contribution is -0.384. The Balaban J connectivity index is 2.02. The molecule has 94 valence electrons. The fourth-order valence-electron chi connectivity index (χ4n) is 1.50. The molecule has 2 aromatic heterocycles. The summed E-state index contributed by atoms with van der Waals surface area (Å²) in [5, 5.41) is 15.8. The van der Waals surface area contributed by atoms with Crippen LogP contribution < -0.4 is 5.32 Å². The predicted molar refractivity (Wildman–Crippen MR) is 69.9 cm³/mol. The van der Waals surface area contributed by atoms with Gasteiger partial charge in [-0.2, -0.15) is 0 Å². The van der Waals surface area contributed by atoms with E-state index >= 15 is 0 Å². The average Bonchev–Trinajstić information content (AvgIpc) is 2.84. The van der Waals surface area contributed by atoms with Crippen molar-refractivity contribution in [2.24, 2.45) is 0 Å². The molecule has 18 heavy (non-hydrogen) atoms. The normalized spacial score (nSPS) is 10.3. The molecule has 2 aromatic rings. The second kappa shape index (κ2) is 5.54. The smallest absolute Gasteiger partial charge is 0.311 e. The first-order valence-corrected chi connectivity index (χ1v) is 6.33. The zero-order chi connectivity index (χ0) is 13.0. The highest BCUT2D eigenvalue weighted by atomic mass is 32.1. The van der Waals surface area contributed by atoms with E-state index in [4.69, 9.17) is 0 Å². The maximum Gasteiger partial charge on any atom is 0.311 e. The number of nitro groups is 1. The summed E-state index contributed by atoms with van der Waals surface area (Å²) in [6.07, 6.45) is 2.33. The van der Waals surface area contributed by atoms with Crippen molar-refractivity contribution in [2.75, 3.05) is 11.9 Å². The minimum atomic E-state index is -0.425. The largest absolute Gasteiger partial charge is 0.364 e. The van der Waals surface area contributed by atoms with Gasteiger partial charge < -0.3 is 5.32 Å². The first-order valence-electron chi connectivity index (χ1n) is 5.39. The van der Waals surface area contributed by atoms with Crippen LogP contribution in [0.15, 0.2) is 23.2 Å². The van der Waals surface area contributed by atoms with E-state index < -0.39 is 4.92 Å². The molecule has 0 aliphatic rings. The number of hydrogen-bond acceptors (Lipinski definition) is 6. The van der Waals surface area contributed by atoms with E-state index in [0.29, 0.717) is 12.4 Å². The van der Waals surface area contributed by atoms with Gasteiger partial charge in [-0.05, 0) is 12.5 Å². The van der Waals surface area contributed by atoms with Gasteiger partial charge in [-0.15, -0.1) is 11.3 Å². The molecule has 0 aromatic carbocycles. The first kappa shape index (κ1) is 12.4. The number of aromatic nitrogens is 2. The Bertz CT molecular complexity index is 542. The lowest BCUT2D eigenvalue weighted by Crippen LogP contribution is -2.08. The quantitative estimate of drug-likeness (QED) is 0.662. The minimum absolute atomic E-state index is 0.00766. The van der Waals surface area contributed by atoms with Crippen molar-refractivity contribution in [3.8, 4) is 0 Å². The lowest BCUT2D eigenvalue weighted by Gasteiger charge is -2.05. The Hall–Kier alpha value is -2.02. The number of rotatable bonds is 5. The molecule has 7 heteroatoms.